The summed E-state index contributed by atoms with van der Waals surface area (Å²) in [5.74, 6) is 0. The maximum absolute atomic E-state index is 5.51. The van der Waals surface area contributed by atoms with Crippen molar-refractivity contribution in [2.24, 2.45) is 0 Å². The van der Waals surface area contributed by atoms with E-state index >= 15 is 0 Å². The topological polar surface area (TPSA) is 27.2 Å². The number of fused-ring (bicyclic) bond motifs is 1. The summed E-state index contributed by atoms with van der Waals surface area (Å²) in [6, 6.07) is 6.96. The highest BCUT2D eigenvalue weighted by molar-refractivity contribution is 14.1. The normalized spacial score (nSPS) is 21.6. The first kappa shape index (κ1) is 14.5. The molecule has 6 heteroatoms. The van der Waals surface area contributed by atoms with Crippen LogP contribution in [0.4, 0.5) is 0 Å². The van der Waals surface area contributed by atoms with Gasteiger partial charge in [0.25, 0.3) is 0 Å². The molecule has 1 unspecified atom stereocenters. The van der Waals surface area contributed by atoms with Gasteiger partial charge < -0.3 is 14.5 Å². The van der Waals surface area contributed by atoms with Crippen molar-refractivity contribution in [2.75, 3.05) is 33.7 Å². The average molecular weight is 402 g/mol. The number of piperazine rings is 1. The first-order valence-corrected chi connectivity index (χ1v) is 8.30. The zero-order valence-electron chi connectivity index (χ0n) is 11.8. The Bertz CT molecular complexity index is 677. The molecular weight excluding hydrogens is 383 g/mol. The predicted molar refractivity (Wildman–Crippen MR) is 93.8 cm³/mol. The molecule has 1 saturated heterocycles. The fourth-order valence-corrected chi connectivity index (χ4v) is 3.60. The number of nitrogens with zero attached hydrogens (tertiary/aromatic N) is 3. The molecule has 0 spiro atoms. The second kappa shape index (κ2) is 5.75. The summed E-state index contributed by atoms with van der Waals surface area (Å²) in [7, 11) is 4.40. The molecule has 0 bridgehead atoms. The third-order valence-electron chi connectivity index (χ3n) is 4.11. The van der Waals surface area contributed by atoms with Crippen LogP contribution in [0.2, 0.25) is 0 Å². The van der Waals surface area contributed by atoms with Crippen LogP contribution in [0, 0.1) is 8.34 Å². The Morgan fingerprint density at radius 1 is 1.35 bits per heavy atom. The van der Waals surface area contributed by atoms with E-state index in [4.69, 9.17) is 12.2 Å². The lowest BCUT2D eigenvalue weighted by molar-refractivity contribution is 0.103. The van der Waals surface area contributed by atoms with Gasteiger partial charge in [0.05, 0.1) is 11.0 Å². The number of halogens is 1. The monoisotopic (exact) mass is 402 g/mol. The quantitative estimate of drug-likeness (QED) is 0.618. The molecule has 1 fully saturated rings. The Morgan fingerprint density at radius 2 is 2.15 bits per heavy atom. The molecule has 1 aliphatic rings. The fourth-order valence-electron chi connectivity index (χ4n) is 2.83. The first-order chi connectivity index (χ1) is 9.54. The molecule has 0 radical (unpaired) electrons. The van der Waals surface area contributed by atoms with E-state index in [2.05, 4.69) is 74.2 Å². The van der Waals surface area contributed by atoms with Crippen molar-refractivity contribution in [2.45, 2.75) is 12.6 Å². The Morgan fingerprint density at radius 3 is 2.95 bits per heavy atom. The van der Waals surface area contributed by atoms with Crippen LogP contribution in [0.1, 0.15) is 0 Å². The molecule has 0 amide bonds. The summed E-state index contributed by atoms with van der Waals surface area (Å²) in [6.07, 6.45) is 0. The van der Waals surface area contributed by atoms with Crippen molar-refractivity contribution in [1.82, 2.24) is 19.4 Å². The molecule has 1 atom stereocenters. The highest BCUT2D eigenvalue weighted by Crippen LogP contribution is 2.19. The van der Waals surface area contributed by atoms with E-state index in [1.165, 1.54) is 9.09 Å². The zero-order chi connectivity index (χ0) is 14.3. The van der Waals surface area contributed by atoms with E-state index in [-0.39, 0.29) is 0 Å². The Balaban J connectivity index is 1.94. The highest BCUT2D eigenvalue weighted by atomic mass is 127. The molecule has 0 aliphatic carbocycles. The van der Waals surface area contributed by atoms with Crippen molar-refractivity contribution in [3.63, 3.8) is 0 Å². The lowest BCUT2D eigenvalue weighted by Crippen LogP contribution is -2.51. The highest BCUT2D eigenvalue weighted by Gasteiger charge is 2.23. The molecule has 0 saturated carbocycles. The molecule has 2 aromatic rings. The predicted octanol–water partition coefficient (Wildman–Crippen LogP) is 2.55. The fraction of sp³-hybridized carbons (Fsp3) is 0.500. The van der Waals surface area contributed by atoms with Crippen molar-refractivity contribution in [1.29, 1.82) is 0 Å². The summed E-state index contributed by atoms with van der Waals surface area (Å²) in [4.78, 5) is 8.16. The van der Waals surface area contributed by atoms with E-state index in [1.54, 1.807) is 0 Å². The molecule has 1 aliphatic heterocycles. The smallest absolute Gasteiger partial charge is 0.178 e. The summed E-state index contributed by atoms with van der Waals surface area (Å²) in [5, 5.41) is 0. The first-order valence-electron chi connectivity index (χ1n) is 6.81. The second-order valence-corrected chi connectivity index (χ2v) is 7.23. The third kappa shape index (κ3) is 2.79. The van der Waals surface area contributed by atoms with Gasteiger partial charge in [-0.25, -0.2) is 0 Å². The Labute approximate surface area is 137 Å². The van der Waals surface area contributed by atoms with Gasteiger partial charge in [0.2, 0.25) is 0 Å². The number of H-pyrrole nitrogens is 1. The number of imidazole rings is 1. The van der Waals surface area contributed by atoms with Crippen LogP contribution in [0.15, 0.2) is 18.2 Å². The van der Waals surface area contributed by atoms with Crippen molar-refractivity contribution >= 4 is 45.8 Å². The van der Waals surface area contributed by atoms with Crippen LogP contribution in [0.25, 0.3) is 11.0 Å². The maximum Gasteiger partial charge on any atom is 0.178 e. The summed E-state index contributed by atoms with van der Waals surface area (Å²) < 4.78 is 4.29. The van der Waals surface area contributed by atoms with Crippen LogP contribution in [0.3, 0.4) is 0 Å². The molecule has 1 aromatic heterocycles. The van der Waals surface area contributed by atoms with Crippen molar-refractivity contribution in [3.8, 4) is 0 Å². The van der Waals surface area contributed by atoms with Crippen LogP contribution >= 0.6 is 34.8 Å². The van der Waals surface area contributed by atoms with Crippen LogP contribution < -0.4 is 0 Å². The minimum Gasteiger partial charge on any atom is -0.331 e. The SMILES string of the molecule is CN1CCN(C)C(Cn2c(=S)[nH]c3cc(I)ccc32)C1. The number of hydrogen-bond donors (Lipinski definition) is 1. The van der Waals surface area contributed by atoms with Crippen molar-refractivity contribution in [3.05, 3.63) is 26.5 Å². The standard InChI is InChI=1S/C14H19IN4S/c1-17-5-6-18(2)11(8-17)9-19-13-4-3-10(15)7-12(13)16-14(19)20/h3-4,7,11H,5-6,8-9H2,1-2H3,(H,16,20). The van der Waals surface area contributed by atoms with Gasteiger partial charge in [0, 0.05) is 35.8 Å². The van der Waals surface area contributed by atoms with E-state index in [0.717, 1.165) is 36.5 Å². The second-order valence-electron chi connectivity index (χ2n) is 5.60. The number of aromatic nitrogens is 2. The molecule has 20 heavy (non-hydrogen) atoms. The largest absolute Gasteiger partial charge is 0.331 e. The Hall–Kier alpha value is -0.440. The maximum atomic E-state index is 5.51. The molecule has 1 N–H and O–H groups in total. The van der Waals surface area contributed by atoms with E-state index < -0.39 is 0 Å². The molecule has 3 rings (SSSR count). The summed E-state index contributed by atoms with van der Waals surface area (Å²) >= 11 is 7.84. The zero-order valence-corrected chi connectivity index (χ0v) is 14.7. The van der Waals surface area contributed by atoms with Crippen molar-refractivity contribution < 1.29 is 0 Å². The van der Waals surface area contributed by atoms with Gasteiger partial charge >= 0.3 is 0 Å². The van der Waals surface area contributed by atoms with Crippen LogP contribution in [-0.2, 0) is 6.54 Å². The molecular formula is C14H19IN4S. The number of benzene rings is 1. The molecule has 4 nitrogen and oxygen atoms in total. The minimum absolute atomic E-state index is 0.513. The summed E-state index contributed by atoms with van der Waals surface area (Å²) in [5.41, 5.74) is 2.34. The molecule has 2 heterocycles. The van der Waals surface area contributed by atoms with Gasteiger partial charge in [-0.1, -0.05) is 0 Å². The van der Waals surface area contributed by atoms with Crippen LogP contribution in [0.5, 0.6) is 0 Å². The van der Waals surface area contributed by atoms with Crippen LogP contribution in [-0.4, -0.2) is 59.1 Å². The van der Waals surface area contributed by atoms with Gasteiger partial charge in [0.1, 0.15) is 0 Å². The number of nitrogens with one attached hydrogen (secondary N) is 1. The van der Waals surface area contributed by atoms with E-state index in [9.17, 15) is 0 Å². The average Bonchev–Trinajstić information content (AvgIpc) is 2.69. The van der Waals surface area contributed by atoms with Gasteiger partial charge in [0.15, 0.2) is 4.77 Å². The van der Waals surface area contributed by atoms with E-state index in [0.29, 0.717) is 6.04 Å². The van der Waals surface area contributed by atoms with Gasteiger partial charge in [-0.3, -0.25) is 4.90 Å². The molecule has 108 valence electrons. The van der Waals surface area contributed by atoms with E-state index in [1.807, 2.05) is 0 Å². The number of aromatic amines is 1. The lowest BCUT2D eigenvalue weighted by Gasteiger charge is -2.37. The van der Waals surface area contributed by atoms with Gasteiger partial charge in [-0.15, -0.1) is 0 Å². The summed E-state index contributed by atoms with van der Waals surface area (Å²) in [6.45, 7) is 4.30. The number of rotatable bonds is 2. The van der Waals surface area contributed by atoms with Gasteiger partial charge in [-0.2, -0.15) is 0 Å². The minimum atomic E-state index is 0.513. The molecule has 1 aromatic carbocycles. The van der Waals surface area contributed by atoms with Gasteiger partial charge in [-0.05, 0) is 67.1 Å². The number of likely N-dealkylation sites (N-methyl/N-ethyl adjacent to an activating group) is 2. The number of hydrogen-bond acceptors (Lipinski definition) is 3. The third-order valence-corrected chi connectivity index (χ3v) is 5.10. The lowest BCUT2D eigenvalue weighted by atomic mass is 10.2. The Kier molecular flexibility index (Phi) is 4.16.